The van der Waals surface area contributed by atoms with Gasteiger partial charge in [-0.05, 0) is 25.2 Å². The van der Waals surface area contributed by atoms with Gasteiger partial charge in [-0.1, -0.05) is 24.4 Å². The lowest BCUT2D eigenvalue weighted by Gasteiger charge is -2.04. The van der Waals surface area contributed by atoms with Crippen LogP contribution in [-0.2, 0) is 6.54 Å². The Labute approximate surface area is 102 Å². The number of hydrogen-bond acceptors (Lipinski definition) is 4. The van der Waals surface area contributed by atoms with E-state index < -0.39 is 0 Å². The third kappa shape index (κ3) is 3.07. The summed E-state index contributed by atoms with van der Waals surface area (Å²) in [6, 6.07) is 0. The fraction of sp³-hybridized carbons (Fsp3) is 0.692. The van der Waals surface area contributed by atoms with Gasteiger partial charge in [0.15, 0.2) is 5.82 Å². The summed E-state index contributed by atoms with van der Waals surface area (Å²) in [6.07, 6.45) is 10.1. The van der Waals surface area contributed by atoms with Gasteiger partial charge in [0.05, 0.1) is 13.1 Å². The van der Waals surface area contributed by atoms with Gasteiger partial charge in [0.1, 0.15) is 0 Å². The molecule has 1 aliphatic carbocycles. The number of hydrogen-bond donors (Lipinski definition) is 1. The molecule has 0 amide bonds. The summed E-state index contributed by atoms with van der Waals surface area (Å²) in [5.74, 6) is 5.35. The van der Waals surface area contributed by atoms with Crippen LogP contribution in [0, 0.1) is 18.3 Å². The zero-order valence-corrected chi connectivity index (χ0v) is 10.3. The van der Waals surface area contributed by atoms with Crippen molar-refractivity contribution >= 4 is 0 Å². The average molecular weight is 233 g/mol. The van der Waals surface area contributed by atoms with Crippen molar-refractivity contribution in [1.82, 2.24) is 15.5 Å². The largest absolute Gasteiger partial charge is 0.338 e. The number of rotatable bonds is 5. The van der Waals surface area contributed by atoms with Crippen LogP contribution in [0.2, 0.25) is 0 Å². The van der Waals surface area contributed by atoms with Gasteiger partial charge in [0.2, 0.25) is 5.89 Å². The zero-order valence-electron chi connectivity index (χ0n) is 10.3. The van der Waals surface area contributed by atoms with Crippen LogP contribution < -0.4 is 5.32 Å². The topological polar surface area (TPSA) is 51.0 Å². The lowest BCUT2D eigenvalue weighted by molar-refractivity contribution is 0.362. The molecule has 1 N–H and O–H groups in total. The smallest absolute Gasteiger partial charge is 0.240 e. The molecule has 2 unspecified atom stereocenters. The second-order valence-corrected chi connectivity index (χ2v) is 4.64. The predicted molar refractivity (Wildman–Crippen MR) is 65.2 cm³/mol. The fourth-order valence-corrected chi connectivity index (χ4v) is 2.43. The quantitative estimate of drug-likeness (QED) is 0.625. The summed E-state index contributed by atoms with van der Waals surface area (Å²) in [5, 5.41) is 7.11. The lowest BCUT2D eigenvalue weighted by atomic mass is 10.0. The van der Waals surface area contributed by atoms with Crippen molar-refractivity contribution in [3.8, 4) is 12.3 Å². The Kier molecular flexibility index (Phi) is 4.16. The van der Waals surface area contributed by atoms with Crippen LogP contribution in [-0.4, -0.2) is 16.7 Å². The zero-order chi connectivity index (χ0) is 12.1. The van der Waals surface area contributed by atoms with E-state index >= 15 is 0 Å². The predicted octanol–water partition coefficient (Wildman–Crippen LogP) is 2.09. The first-order chi connectivity index (χ1) is 8.33. The summed E-state index contributed by atoms with van der Waals surface area (Å²) in [4.78, 5) is 4.42. The van der Waals surface area contributed by atoms with Gasteiger partial charge in [-0.15, -0.1) is 6.42 Å². The molecular formula is C13H19N3O. The molecule has 0 spiro atoms. The highest BCUT2D eigenvalue weighted by Gasteiger charge is 2.28. The maximum absolute atomic E-state index is 5.20. The normalized spacial score (nSPS) is 23.8. The average Bonchev–Trinajstić information content (AvgIpc) is 2.97. The Morgan fingerprint density at radius 1 is 1.53 bits per heavy atom. The van der Waals surface area contributed by atoms with Crippen molar-refractivity contribution in [2.24, 2.45) is 5.92 Å². The number of aromatic nitrogens is 2. The Morgan fingerprint density at radius 3 is 3.12 bits per heavy atom. The van der Waals surface area contributed by atoms with Crippen LogP contribution >= 0.6 is 0 Å². The van der Waals surface area contributed by atoms with Crippen LogP contribution in [0.3, 0.4) is 0 Å². The molecule has 1 saturated carbocycles. The summed E-state index contributed by atoms with van der Waals surface area (Å²) in [5.41, 5.74) is 0. The Morgan fingerprint density at radius 2 is 2.41 bits per heavy atom. The third-order valence-electron chi connectivity index (χ3n) is 3.47. The number of nitrogens with zero attached hydrogens (tertiary/aromatic N) is 2. The molecule has 1 heterocycles. The van der Waals surface area contributed by atoms with Crippen molar-refractivity contribution in [2.75, 3.05) is 6.54 Å². The van der Waals surface area contributed by atoms with E-state index in [9.17, 15) is 0 Å². The second-order valence-electron chi connectivity index (χ2n) is 4.64. The highest BCUT2D eigenvalue weighted by Crippen LogP contribution is 2.38. The van der Waals surface area contributed by atoms with Gasteiger partial charge in [-0.2, -0.15) is 4.98 Å². The lowest BCUT2D eigenvalue weighted by Crippen LogP contribution is -2.13. The standard InChI is InChI=1S/C13H19N3O/c1-3-7-14-9-12-15-13(16-17-12)11-6-5-10(4-2)8-11/h1,10-11,14H,4-9H2,2H3. The monoisotopic (exact) mass is 233 g/mol. The third-order valence-corrected chi connectivity index (χ3v) is 3.47. The van der Waals surface area contributed by atoms with Crippen molar-refractivity contribution in [3.05, 3.63) is 11.7 Å². The molecule has 92 valence electrons. The highest BCUT2D eigenvalue weighted by molar-refractivity contribution is 4.99. The van der Waals surface area contributed by atoms with Gasteiger partial charge in [-0.3, -0.25) is 5.32 Å². The Bertz CT molecular complexity index is 394. The number of terminal acetylenes is 1. The van der Waals surface area contributed by atoms with Gasteiger partial charge < -0.3 is 4.52 Å². The van der Waals surface area contributed by atoms with Crippen LogP contribution in [0.25, 0.3) is 0 Å². The molecule has 0 radical (unpaired) electrons. The molecule has 0 aromatic carbocycles. The Hall–Kier alpha value is -1.34. The fourth-order valence-electron chi connectivity index (χ4n) is 2.43. The van der Waals surface area contributed by atoms with Gasteiger partial charge >= 0.3 is 0 Å². The molecule has 4 heteroatoms. The Balaban J connectivity index is 1.88. The van der Waals surface area contributed by atoms with E-state index in [2.05, 4.69) is 28.3 Å². The van der Waals surface area contributed by atoms with Gasteiger partial charge in [0, 0.05) is 5.92 Å². The van der Waals surface area contributed by atoms with E-state index in [0.717, 1.165) is 11.7 Å². The molecule has 17 heavy (non-hydrogen) atoms. The molecule has 0 saturated heterocycles. The van der Waals surface area contributed by atoms with Crippen molar-refractivity contribution in [3.63, 3.8) is 0 Å². The summed E-state index contributed by atoms with van der Waals surface area (Å²) in [7, 11) is 0. The van der Waals surface area contributed by atoms with E-state index in [-0.39, 0.29) is 0 Å². The molecule has 0 aliphatic heterocycles. The van der Waals surface area contributed by atoms with Gasteiger partial charge in [0.25, 0.3) is 0 Å². The van der Waals surface area contributed by atoms with Crippen molar-refractivity contribution < 1.29 is 4.52 Å². The van der Waals surface area contributed by atoms with Crippen LogP contribution in [0.4, 0.5) is 0 Å². The molecule has 1 aliphatic rings. The first kappa shape index (κ1) is 12.1. The van der Waals surface area contributed by atoms with Crippen molar-refractivity contribution in [1.29, 1.82) is 0 Å². The van der Waals surface area contributed by atoms with E-state index in [1.54, 1.807) is 0 Å². The number of nitrogens with one attached hydrogen (secondary N) is 1. The molecular weight excluding hydrogens is 214 g/mol. The molecule has 2 rings (SSSR count). The molecule has 4 nitrogen and oxygen atoms in total. The summed E-state index contributed by atoms with van der Waals surface area (Å²) < 4.78 is 5.20. The van der Waals surface area contributed by atoms with Crippen LogP contribution in [0.1, 0.15) is 50.2 Å². The first-order valence-electron chi connectivity index (χ1n) is 6.30. The van der Waals surface area contributed by atoms with E-state index in [1.165, 1.54) is 25.7 Å². The summed E-state index contributed by atoms with van der Waals surface area (Å²) >= 11 is 0. The van der Waals surface area contributed by atoms with Crippen molar-refractivity contribution in [2.45, 2.75) is 45.1 Å². The highest BCUT2D eigenvalue weighted by atomic mass is 16.5. The van der Waals surface area contributed by atoms with Crippen LogP contribution in [0.5, 0.6) is 0 Å². The molecule has 0 bridgehead atoms. The first-order valence-corrected chi connectivity index (χ1v) is 6.30. The second kappa shape index (κ2) is 5.83. The maximum Gasteiger partial charge on any atom is 0.240 e. The maximum atomic E-state index is 5.20. The minimum Gasteiger partial charge on any atom is -0.338 e. The summed E-state index contributed by atoms with van der Waals surface area (Å²) in [6.45, 7) is 3.33. The molecule has 1 aromatic heterocycles. The minimum atomic E-state index is 0.491. The van der Waals surface area contributed by atoms with E-state index in [0.29, 0.717) is 24.9 Å². The molecule has 1 aromatic rings. The van der Waals surface area contributed by atoms with Crippen LogP contribution in [0.15, 0.2) is 4.52 Å². The molecule has 1 fully saturated rings. The van der Waals surface area contributed by atoms with E-state index in [1.807, 2.05) is 0 Å². The molecule has 2 atom stereocenters. The SMILES string of the molecule is C#CCNCc1nc(C2CCC(CC)C2)no1. The van der Waals surface area contributed by atoms with E-state index in [4.69, 9.17) is 10.9 Å². The van der Waals surface area contributed by atoms with Gasteiger partial charge in [-0.25, -0.2) is 0 Å². The minimum absolute atomic E-state index is 0.491.